The van der Waals surface area contributed by atoms with Crippen molar-refractivity contribution in [2.24, 2.45) is 5.73 Å². The number of benzene rings is 2. The Labute approximate surface area is 168 Å². The number of nitrogens with zero attached hydrogens (tertiary/aromatic N) is 4. The van der Waals surface area contributed by atoms with Crippen LogP contribution >= 0.6 is 0 Å². The lowest BCUT2D eigenvalue weighted by atomic mass is 10.1. The van der Waals surface area contributed by atoms with Crippen LogP contribution in [-0.2, 0) is 19.5 Å². The third-order valence-electron chi connectivity index (χ3n) is 4.97. The van der Waals surface area contributed by atoms with Crippen LogP contribution in [0.3, 0.4) is 0 Å². The summed E-state index contributed by atoms with van der Waals surface area (Å²) in [4.78, 5) is 4.74. The third-order valence-corrected chi connectivity index (χ3v) is 4.97. The van der Waals surface area contributed by atoms with Gasteiger partial charge >= 0.3 is 0 Å². The number of aromatic nitrogens is 4. The second-order valence-electron chi connectivity index (χ2n) is 6.92. The molecule has 0 spiro atoms. The first-order chi connectivity index (χ1) is 14.1. The normalized spacial score (nSPS) is 11.2. The topological polar surface area (TPSA) is 81.7 Å². The molecule has 0 aliphatic carbocycles. The molecule has 4 rings (SSSR count). The van der Waals surface area contributed by atoms with E-state index in [0.717, 1.165) is 33.4 Å². The molecule has 0 aliphatic heterocycles. The maximum absolute atomic E-state index is 13.5. The third kappa shape index (κ3) is 3.69. The molecule has 2 aromatic carbocycles. The van der Waals surface area contributed by atoms with E-state index in [4.69, 9.17) is 10.7 Å². The number of halogens is 1. The molecule has 0 radical (unpaired) electrons. The molecule has 7 heteroatoms. The van der Waals surface area contributed by atoms with Crippen LogP contribution in [0.15, 0.2) is 48.5 Å². The van der Waals surface area contributed by atoms with Crippen LogP contribution in [0.2, 0.25) is 0 Å². The van der Waals surface area contributed by atoms with E-state index in [2.05, 4.69) is 21.6 Å². The standard InChI is InChI=1S/C22H23FN6/c1-3-19-21(25-13-15-6-4-8-17(23)11-15)26-22(28-27-19)29-14(2)10-18-16(12-24)7-5-9-20(18)29/h4-11H,3,12-13,24H2,1-2H3,(H,25,26,28). The zero-order chi connectivity index (χ0) is 20.4. The fourth-order valence-electron chi connectivity index (χ4n) is 3.51. The highest BCUT2D eigenvalue weighted by molar-refractivity contribution is 5.86. The van der Waals surface area contributed by atoms with Gasteiger partial charge in [0.25, 0.3) is 5.95 Å². The molecule has 4 aromatic rings. The summed E-state index contributed by atoms with van der Waals surface area (Å²) in [7, 11) is 0. The Balaban J connectivity index is 1.73. The molecule has 0 atom stereocenters. The van der Waals surface area contributed by atoms with E-state index in [1.165, 1.54) is 12.1 Å². The number of rotatable bonds is 6. The van der Waals surface area contributed by atoms with Crippen molar-refractivity contribution in [3.8, 4) is 5.95 Å². The largest absolute Gasteiger partial charge is 0.364 e. The van der Waals surface area contributed by atoms with E-state index in [0.29, 0.717) is 31.3 Å². The Morgan fingerprint density at radius 1 is 1.10 bits per heavy atom. The summed E-state index contributed by atoms with van der Waals surface area (Å²) < 4.78 is 15.4. The zero-order valence-corrected chi connectivity index (χ0v) is 16.5. The number of aryl methyl sites for hydroxylation is 2. The molecular weight excluding hydrogens is 367 g/mol. The highest BCUT2D eigenvalue weighted by Crippen LogP contribution is 2.26. The molecule has 3 N–H and O–H groups in total. The van der Waals surface area contributed by atoms with E-state index >= 15 is 0 Å². The average molecular weight is 390 g/mol. The SMILES string of the molecule is CCc1nnc(-n2c(C)cc3c(CN)cccc32)nc1NCc1cccc(F)c1. The van der Waals surface area contributed by atoms with Gasteiger partial charge in [-0.05, 0) is 48.7 Å². The first-order valence-corrected chi connectivity index (χ1v) is 9.63. The first kappa shape index (κ1) is 19.0. The highest BCUT2D eigenvalue weighted by Gasteiger charge is 2.15. The highest BCUT2D eigenvalue weighted by atomic mass is 19.1. The summed E-state index contributed by atoms with van der Waals surface area (Å²) in [6.45, 7) is 4.93. The van der Waals surface area contributed by atoms with Gasteiger partial charge in [0, 0.05) is 24.2 Å². The zero-order valence-electron chi connectivity index (χ0n) is 16.5. The van der Waals surface area contributed by atoms with Crippen molar-refractivity contribution in [1.29, 1.82) is 0 Å². The average Bonchev–Trinajstić information content (AvgIpc) is 3.08. The van der Waals surface area contributed by atoms with Crippen molar-refractivity contribution in [3.05, 3.63) is 76.9 Å². The van der Waals surface area contributed by atoms with Gasteiger partial charge in [-0.3, -0.25) is 4.57 Å². The van der Waals surface area contributed by atoms with Gasteiger partial charge in [0.1, 0.15) is 11.5 Å². The van der Waals surface area contributed by atoms with E-state index in [-0.39, 0.29) is 5.82 Å². The van der Waals surface area contributed by atoms with Crippen molar-refractivity contribution in [1.82, 2.24) is 19.7 Å². The van der Waals surface area contributed by atoms with Crippen molar-refractivity contribution < 1.29 is 4.39 Å². The molecule has 2 aromatic heterocycles. The van der Waals surface area contributed by atoms with Crippen LogP contribution in [0.4, 0.5) is 10.2 Å². The lowest BCUT2D eigenvalue weighted by Crippen LogP contribution is -2.12. The summed E-state index contributed by atoms with van der Waals surface area (Å²) in [5.74, 6) is 0.885. The monoisotopic (exact) mass is 390 g/mol. The summed E-state index contributed by atoms with van der Waals surface area (Å²) in [6, 6.07) is 14.6. The minimum atomic E-state index is -0.258. The van der Waals surface area contributed by atoms with Crippen molar-refractivity contribution >= 4 is 16.7 Å². The molecule has 0 saturated carbocycles. The van der Waals surface area contributed by atoms with Gasteiger partial charge in [-0.15, -0.1) is 10.2 Å². The first-order valence-electron chi connectivity index (χ1n) is 9.63. The fourth-order valence-corrected chi connectivity index (χ4v) is 3.51. The number of nitrogens with two attached hydrogens (primary N) is 1. The smallest absolute Gasteiger partial charge is 0.256 e. The minimum Gasteiger partial charge on any atom is -0.364 e. The van der Waals surface area contributed by atoms with Crippen LogP contribution in [0.5, 0.6) is 0 Å². The molecule has 0 fully saturated rings. The number of nitrogens with one attached hydrogen (secondary N) is 1. The number of hydrogen-bond acceptors (Lipinski definition) is 5. The Bertz CT molecular complexity index is 1170. The molecule has 0 amide bonds. The molecule has 29 heavy (non-hydrogen) atoms. The van der Waals surface area contributed by atoms with E-state index in [1.54, 1.807) is 6.07 Å². The van der Waals surface area contributed by atoms with Crippen LogP contribution < -0.4 is 11.1 Å². The van der Waals surface area contributed by atoms with Crippen molar-refractivity contribution in [2.75, 3.05) is 5.32 Å². The molecule has 0 unspecified atom stereocenters. The Kier molecular flexibility index (Phi) is 5.22. The lowest BCUT2D eigenvalue weighted by molar-refractivity contribution is 0.626. The van der Waals surface area contributed by atoms with E-state index in [9.17, 15) is 4.39 Å². The summed E-state index contributed by atoms with van der Waals surface area (Å²) in [5, 5.41) is 13.1. The number of hydrogen-bond donors (Lipinski definition) is 2. The van der Waals surface area contributed by atoms with Crippen molar-refractivity contribution in [2.45, 2.75) is 33.4 Å². The molecule has 0 aliphatic rings. The molecule has 0 bridgehead atoms. The van der Waals surface area contributed by atoms with Gasteiger partial charge in [0.15, 0.2) is 5.82 Å². The quantitative estimate of drug-likeness (QED) is 0.522. The second kappa shape index (κ2) is 7.97. The fraction of sp³-hybridized carbons (Fsp3) is 0.227. The predicted molar refractivity (Wildman–Crippen MR) is 112 cm³/mol. The Morgan fingerprint density at radius 3 is 2.69 bits per heavy atom. The molecular formula is C22H23FN6. The van der Waals surface area contributed by atoms with Gasteiger partial charge in [0.2, 0.25) is 0 Å². The van der Waals surface area contributed by atoms with Gasteiger partial charge in [-0.25, -0.2) is 4.39 Å². The van der Waals surface area contributed by atoms with Crippen LogP contribution in [0.1, 0.15) is 29.4 Å². The maximum Gasteiger partial charge on any atom is 0.256 e. The minimum absolute atomic E-state index is 0.258. The van der Waals surface area contributed by atoms with Crippen LogP contribution in [0, 0.1) is 12.7 Å². The second-order valence-corrected chi connectivity index (χ2v) is 6.92. The van der Waals surface area contributed by atoms with Gasteiger partial charge in [-0.1, -0.05) is 31.2 Å². The summed E-state index contributed by atoms with van der Waals surface area (Å²) in [5.41, 5.74) is 10.6. The van der Waals surface area contributed by atoms with Gasteiger partial charge in [0.05, 0.1) is 5.52 Å². The number of fused-ring (bicyclic) bond motifs is 1. The van der Waals surface area contributed by atoms with E-state index < -0.39 is 0 Å². The molecule has 148 valence electrons. The molecule has 2 heterocycles. The van der Waals surface area contributed by atoms with Crippen LogP contribution in [-0.4, -0.2) is 19.7 Å². The lowest BCUT2D eigenvalue weighted by Gasteiger charge is -2.12. The Morgan fingerprint density at radius 2 is 1.93 bits per heavy atom. The van der Waals surface area contributed by atoms with Crippen LogP contribution in [0.25, 0.3) is 16.9 Å². The Hall–Kier alpha value is -3.32. The predicted octanol–water partition coefficient (Wildman–Crippen LogP) is 3.90. The maximum atomic E-state index is 13.5. The summed E-state index contributed by atoms with van der Waals surface area (Å²) >= 11 is 0. The van der Waals surface area contributed by atoms with Gasteiger partial charge in [-0.2, -0.15) is 4.98 Å². The van der Waals surface area contributed by atoms with Gasteiger partial charge < -0.3 is 11.1 Å². The summed E-state index contributed by atoms with van der Waals surface area (Å²) in [6.07, 6.45) is 0.689. The number of anilines is 1. The van der Waals surface area contributed by atoms with Crippen molar-refractivity contribution in [3.63, 3.8) is 0 Å². The van der Waals surface area contributed by atoms with E-state index in [1.807, 2.05) is 42.7 Å². The molecule has 6 nitrogen and oxygen atoms in total. The molecule has 0 saturated heterocycles.